The van der Waals surface area contributed by atoms with E-state index in [0.717, 1.165) is 31.6 Å². The van der Waals surface area contributed by atoms with Crippen molar-refractivity contribution >= 4 is 29.7 Å². The number of ketones is 1. The minimum absolute atomic E-state index is 0. The summed E-state index contributed by atoms with van der Waals surface area (Å²) in [4.78, 5) is 30.6. The molecule has 2 aliphatic rings. The molecule has 1 fully saturated rings. The van der Waals surface area contributed by atoms with Gasteiger partial charge in [0.15, 0.2) is 5.78 Å². The van der Waals surface area contributed by atoms with Gasteiger partial charge in [-0.25, -0.2) is 10.8 Å². The number of hydrogen-bond donors (Lipinski definition) is 1. The number of rotatable bonds is 6. The molecule has 0 aromatic heterocycles. The number of unbranched alkanes of at least 4 members (excludes halogenated alkanes) is 1. The van der Waals surface area contributed by atoms with Gasteiger partial charge in [-0.3, -0.25) is 14.6 Å². The summed E-state index contributed by atoms with van der Waals surface area (Å²) < 4.78 is 12.2. The Morgan fingerprint density at radius 1 is 1.15 bits per heavy atom. The molecule has 266 valence electrons. The topological polar surface area (TPSA) is 58.5 Å². The van der Waals surface area contributed by atoms with Crippen molar-refractivity contribution in [1.82, 2.24) is 5.32 Å². The normalized spacial score (nSPS) is 18.3. The van der Waals surface area contributed by atoms with Gasteiger partial charge in [-0.1, -0.05) is 104 Å². The summed E-state index contributed by atoms with van der Waals surface area (Å²) in [6.07, 6.45) is 14.8. The summed E-state index contributed by atoms with van der Waals surface area (Å²) in [5.41, 5.74) is 2.79. The Kier molecular flexibility index (Phi) is 35.3. The molecule has 1 amide bonds. The largest absolute Gasteiger partial charge is 1.00 e. The number of allylic oxidation sites excluding steroid dienone is 1. The van der Waals surface area contributed by atoms with Crippen molar-refractivity contribution in [2.24, 2.45) is 10.9 Å². The Balaban J connectivity index is -0.000000750. The number of aryl methyl sites for hydroxylation is 1. The Morgan fingerprint density at radius 2 is 1.79 bits per heavy atom. The molecule has 7 heteroatoms. The van der Waals surface area contributed by atoms with Crippen LogP contribution in [0.4, 0.5) is 4.39 Å². The summed E-state index contributed by atoms with van der Waals surface area (Å²) >= 11 is 1.62. The molecule has 1 N–H and O–H groups in total. The van der Waals surface area contributed by atoms with E-state index in [0.29, 0.717) is 23.8 Å². The van der Waals surface area contributed by atoms with Crippen LogP contribution >= 0.6 is 11.8 Å². The van der Waals surface area contributed by atoms with Crippen LogP contribution in [0.3, 0.4) is 0 Å². The van der Waals surface area contributed by atoms with Crippen LogP contribution in [0.15, 0.2) is 64.1 Å². The standard InChI is InChI=1S/C21H27N2O2S.C8H9F.C6H10.C3H8.C2H6.CH4.K/c1-4-6-10-17(22-5-2)21(25)23-18-14-26-20-11-8-7-9-16(20)15(3)12-13-19(18)24;1-2-7-3-5-8(9)6-4-7;1-6-4-2-3-5-6;1-3-2;1-2;;/h5,8-11,15,18H,4,6,12-14H2,1-3H3,(H,23,25);3-6H,2H2,1H3;2,6H,1,3-5H2;3H2,1-2H3;1-2H3;1H4;/q-1;;-2;;;;+1/b17-10+,22-5?;;;;;;/t15?,18-;;;;;;/m0....../s1. The molecule has 0 radical (unpaired) electrons. The van der Waals surface area contributed by atoms with E-state index in [4.69, 9.17) is 0 Å². The van der Waals surface area contributed by atoms with Gasteiger partial charge in [0.25, 0.3) is 5.91 Å². The Morgan fingerprint density at radius 3 is 2.29 bits per heavy atom. The number of benzene rings is 2. The fourth-order valence-corrected chi connectivity index (χ4v) is 5.63. The van der Waals surface area contributed by atoms with Gasteiger partial charge in [-0.05, 0) is 37.5 Å². The molecule has 1 saturated carbocycles. The molecule has 48 heavy (non-hydrogen) atoms. The fraction of sp³-hybridized carbons (Fsp3) is 0.537. The first kappa shape index (κ1) is 51.3. The third-order valence-corrected chi connectivity index (χ3v) is 8.22. The number of carbonyl (C=O) groups excluding carboxylic acids is 2. The number of fused-ring (bicyclic) bond motifs is 1. The second-order valence-corrected chi connectivity index (χ2v) is 12.2. The van der Waals surface area contributed by atoms with E-state index in [-0.39, 0.29) is 76.3 Å². The minimum Gasteiger partial charge on any atom is -0.343 e. The second-order valence-electron chi connectivity index (χ2n) is 11.1. The van der Waals surface area contributed by atoms with Gasteiger partial charge < -0.3 is 18.7 Å². The maximum atomic E-state index is 12.7. The molecule has 0 bridgehead atoms. The van der Waals surface area contributed by atoms with Crippen LogP contribution in [0.25, 0.3) is 0 Å². The zero-order chi connectivity index (χ0) is 34.7. The van der Waals surface area contributed by atoms with Crippen molar-refractivity contribution in [1.29, 1.82) is 0 Å². The van der Waals surface area contributed by atoms with Gasteiger partial charge in [-0.15, -0.1) is 23.7 Å². The maximum Gasteiger partial charge on any atom is 1.00 e. The molecular formula is C41H64FKN2O2S-2. The van der Waals surface area contributed by atoms with Crippen molar-refractivity contribution in [2.75, 3.05) is 5.75 Å². The number of nitrogens with zero attached hydrogens (tertiary/aromatic N) is 1. The van der Waals surface area contributed by atoms with Gasteiger partial charge in [0.05, 0.1) is 6.04 Å². The third kappa shape index (κ3) is 22.6. The van der Waals surface area contributed by atoms with Crippen molar-refractivity contribution in [3.63, 3.8) is 0 Å². The first-order chi connectivity index (χ1) is 22.2. The van der Waals surface area contributed by atoms with E-state index in [9.17, 15) is 14.0 Å². The Hall–Kier alpha value is -1.09. The summed E-state index contributed by atoms with van der Waals surface area (Å²) in [7, 11) is 0. The molecule has 0 spiro atoms. The van der Waals surface area contributed by atoms with Crippen LogP contribution in [0.1, 0.15) is 131 Å². The van der Waals surface area contributed by atoms with Crippen LogP contribution in [0.5, 0.6) is 0 Å². The third-order valence-electron chi connectivity index (χ3n) is 7.04. The predicted molar refractivity (Wildman–Crippen MR) is 205 cm³/mol. The number of aliphatic imine (C=N–C) groups is 1. The number of carbonyl (C=O) groups is 2. The molecule has 2 unspecified atom stereocenters. The first-order valence-electron chi connectivity index (χ1n) is 17.2. The van der Waals surface area contributed by atoms with E-state index in [2.05, 4.69) is 57.4 Å². The van der Waals surface area contributed by atoms with Crippen LogP contribution in [-0.2, 0) is 16.0 Å². The molecule has 3 atom stereocenters. The quantitative estimate of drug-likeness (QED) is 0.142. The molecule has 0 saturated heterocycles. The van der Waals surface area contributed by atoms with Gasteiger partial charge in [0.1, 0.15) is 11.5 Å². The number of Topliss-reactive ketones (excluding diaryl/α,β-unsaturated/α-hetero) is 1. The molecule has 2 aromatic rings. The van der Waals surface area contributed by atoms with Crippen LogP contribution in [0.2, 0.25) is 0 Å². The van der Waals surface area contributed by atoms with Crippen LogP contribution in [0, 0.1) is 31.1 Å². The predicted octanol–water partition coefficient (Wildman–Crippen LogP) is 8.60. The van der Waals surface area contributed by atoms with Crippen molar-refractivity contribution < 1.29 is 65.4 Å². The van der Waals surface area contributed by atoms with Gasteiger partial charge in [-0.2, -0.15) is 36.6 Å². The SMILES string of the molecule is C.CC.CC=N/C(=C/CCC)C(=O)N[C@H]1CSc2cc[c-]cc2C(C)CCC1=O.CCC.CCc1ccc(F)cc1.[CH2-]C1C[CH-]CC1.[K+]. The molecule has 4 rings (SSSR count). The van der Waals surface area contributed by atoms with Crippen LogP contribution in [-0.4, -0.2) is 29.7 Å². The van der Waals surface area contributed by atoms with Crippen molar-refractivity contribution in [3.8, 4) is 0 Å². The summed E-state index contributed by atoms with van der Waals surface area (Å²) in [5.74, 6) is 1.23. The monoisotopic (exact) mass is 706 g/mol. The Labute approximate surface area is 341 Å². The van der Waals surface area contributed by atoms with E-state index in [1.807, 2.05) is 45.0 Å². The average molecular weight is 707 g/mol. The van der Waals surface area contributed by atoms with Crippen molar-refractivity contribution in [3.05, 3.63) is 90.6 Å². The number of hydrogen-bond acceptors (Lipinski definition) is 4. The summed E-state index contributed by atoms with van der Waals surface area (Å²) in [6.45, 7) is 20.2. The van der Waals surface area contributed by atoms with E-state index >= 15 is 0 Å². The molecule has 1 heterocycles. The molecule has 4 nitrogen and oxygen atoms in total. The van der Waals surface area contributed by atoms with Crippen molar-refractivity contribution in [2.45, 2.75) is 137 Å². The molecule has 2 aromatic carbocycles. The number of halogens is 1. The number of amides is 1. The zero-order valence-corrected chi connectivity index (χ0v) is 34.8. The zero-order valence-electron chi connectivity index (χ0n) is 30.8. The number of nitrogens with one attached hydrogen (secondary N) is 1. The van der Waals surface area contributed by atoms with E-state index in [1.54, 1.807) is 37.0 Å². The van der Waals surface area contributed by atoms with Gasteiger partial charge >= 0.3 is 51.4 Å². The van der Waals surface area contributed by atoms with Crippen LogP contribution < -0.4 is 56.7 Å². The smallest absolute Gasteiger partial charge is 0.343 e. The summed E-state index contributed by atoms with van der Waals surface area (Å²) in [6, 6.07) is 15.2. The minimum atomic E-state index is -0.494. The molecule has 1 aliphatic heterocycles. The molecular weight excluding hydrogens is 643 g/mol. The fourth-order valence-electron chi connectivity index (χ4n) is 4.42. The van der Waals surface area contributed by atoms with Gasteiger partial charge in [0.2, 0.25) is 0 Å². The number of thioether (sulfide) groups is 1. The van der Waals surface area contributed by atoms with Gasteiger partial charge in [0, 0.05) is 18.4 Å². The van der Waals surface area contributed by atoms with E-state index < -0.39 is 6.04 Å². The average Bonchev–Trinajstić information content (AvgIpc) is 3.57. The Bertz CT molecular complexity index is 1150. The maximum absolute atomic E-state index is 12.7. The second kappa shape index (κ2) is 33.1. The summed E-state index contributed by atoms with van der Waals surface area (Å²) in [5, 5.41) is 2.90. The van der Waals surface area contributed by atoms with E-state index in [1.165, 1.54) is 53.8 Å². The molecule has 1 aliphatic carbocycles. The first-order valence-corrected chi connectivity index (χ1v) is 18.2.